The zero-order valence-corrected chi connectivity index (χ0v) is 25.0. The third-order valence-corrected chi connectivity index (χ3v) is 7.79. The second-order valence-corrected chi connectivity index (χ2v) is 11.9. The van der Waals surface area contributed by atoms with E-state index in [1.165, 1.54) is 37.9 Å². The smallest absolute Gasteiger partial charge is 0.410 e. The predicted molar refractivity (Wildman–Crippen MR) is 162 cm³/mol. The molecular weight excluding hydrogens is 517 g/mol. The van der Waals surface area contributed by atoms with E-state index in [0.717, 1.165) is 37.8 Å². The molecule has 224 valence electrons. The highest BCUT2D eigenvalue weighted by Gasteiger charge is 2.37. The number of unbranched alkanes of at least 4 members (excludes halogenated alkanes) is 3. The van der Waals surface area contributed by atoms with Gasteiger partial charge in [-0.3, -0.25) is 14.6 Å². The van der Waals surface area contributed by atoms with E-state index in [9.17, 15) is 9.59 Å². The van der Waals surface area contributed by atoms with Gasteiger partial charge in [-0.15, -0.1) is 0 Å². The van der Waals surface area contributed by atoms with E-state index >= 15 is 0 Å². The van der Waals surface area contributed by atoms with Crippen LogP contribution in [0.5, 0.6) is 0 Å². The minimum absolute atomic E-state index is 0.159. The fraction of sp³-hybridized carbons (Fsp3) is 0.613. The van der Waals surface area contributed by atoms with Crippen LogP contribution in [0.25, 0.3) is 0 Å². The van der Waals surface area contributed by atoms with E-state index in [0.29, 0.717) is 32.0 Å². The van der Waals surface area contributed by atoms with E-state index in [-0.39, 0.29) is 23.0 Å². The Hall–Kier alpha value is -2.82. The molecular formula is C31H48BN5O4. The number of hydrogen-bond donors (Lipinski definition) is 3. The van der Waals surface area contributed by atoms with E-state index < -0.39 is 19.1 Å². The third kappa shape index (κ3) is 11.5. The van der Waals surface area contributed by atoms with Crippen LogP contribution in [0.3, 0.4) is 0 Å². The highest BCUT2D eigenvalue weighted by atomic mass is 16.6. The molecule has 0 bridgehead atoms. The molecule has 9 nitrogen and oxygen atoms in total. The van der Waals surface area contributed by atoms with Crippen LogP contribution in [-0.2, 0) is 20.5 Å². The van der Waals surface area contributed by atoms with Crippen LogP contribution >= 0.6 is 0 Å². The van der Waals surface area contributed by atoms with E-state index in [1.54, 1.807) is 0 Å². The second-order valence-electron chi connectivity index (χ2n) is 11.9. The van der Waals surface area contributed by atoms with E-state index in [4.69, 9.17) is 15.0 Å². The van der Waals surface area contributed by atoms with Crippen LogP contribution in [-0.4, -0.2) is 60.6 Å². The summed E-state index contributed by atoms with van der Waals surface area (Å²) < 4.78 is 12.6. The number of carbonyl (C=O) groups is 2. The van der Waals surface area contributed by atoms with Crippen molar-refractivity contribution in [3.8, 4) is 0 Å². The first-order chi connectivity index (χ1) is 19.8. The average molecular weight is 566 g/mol. The molecule has 1 fully saturated rings. The molecule has 2 aromatic rings. The van der Waals surface area contributed by atoms with Gasteiger partial charge in [0.05, 0.1) is 12.1 Å². The molecule has 41 heavy (non-hydrogen) atoms. The maximum Gasteiger partial charge on any atom is 0.480 e. The van der Waals surface area contributed by atoms with E-state index in [2.05, 4.69) is 41.4 Å². The molecule has 2 atom stereocenters. The summed E-state index contributed by atoms with van der Waals surface area (Å²) in [5, 5.41) is 6.03. The van der Waals surface area contributed by atoms with Crippen LogP contribution in [0.15, 0.2) is 48.9 Å². The van der Waals surface area contributed by atoms with Crippen molar-refractivity contribution in [1.82, 2.24) is 20.6 Å². The van der Waals surface area contributed by atoms with Gasteiger partial charge >= 0.3 is 7.12 Å². The average Bonchev–Trinajstić information content (AvgIpc) is 2.95. The van der Waals surface area contributed by atoms with Crippen molar-refractivity contribution in [2.45, 2.75) is 90.5 Å². The highest BCUT2D eigenvalue weighted by molar-refractivity contribution is 6.47. The van der Waals surface area contributed by atoms with Crippen molar-refractivity contribution < 1.29 is 18.9 Å². The number of aromatic nitrogens is 2. The normalized spacial score (nSPS) is 16.9. The lowest BCUT2D eigenvalue weighted by Gasteiger charge is -2.35. The molecule has 0 radical (unpaired) electrons. The largest absolute Gasteiger partial charge is 0.480 e. The summed E-state index contributed by atoms with van der Waals surface area (Å²) in [7, 11) is -0.552. The van der Waals surface area contributed by atoms with Crippen LogP contribution < -0.4 is 16.4 Å². The van der Waals surface area contributed by atoms with Crippen molar-refractivity contribution in [2.75, 3.05) is 19.8 Å². The first-order valence-electron chi connectivity index (χ1n) is 15.1. The molecule has 1 aromatic carbocycles. The number of benzene rings is 1. The zero-order valence-electron chi connectivity index (χ0n) is 25.0. The number of rotatable bonds is 15. The van der Waals surface area contributed by atoms with Crippen molar-refractivity contribution in [3.05, 3.63) is 60.2 Å². The van der Waals surface area contributed by atoms with Crippen molar-refractivity contribution in [1.29, 1.82) is 0 Å². The molecule has 2 unspecified atom stereocenters. The van der Waals surface area contributed by atoms with Gasteiger partial charge in [0.15, 0.2) is 0 Å². The summed E-state index contributed by atoms with van der Waals surface area (Å²) >= 11 is 0. The fourth-order valence-electron chi connectivity index (χ4n) is 5.28. The molecule has 10 heteroatoms. The first kappa shape index (κ1) is 32.7. The van der Waals surface area contributed by atoms with Gasteiger partial charge < -0.3 is 25.7 Å². The molecule has 1 aromatic heterocycles. The summed E-state index contributed by atoms with van der Waals surface area (Å²) in [5.41, 5.74) is 6.90. The van der Waals surface area contributed by atoms with Gasteiger partial charge in [0, 0.05) is 32.0 Å². The standard InChI is InChI=1S/C31H48BN5O4/c1-24(2)21-28(32-40-19-14-31(3,15-20-41-32)13-9-4-5-10-16-33)37-29(38)26(22-25-11-7-6-8-12-25)36-30(39)27-23-34-17-18-35-27/h6-8,11-12,17-18,23-24,26,28H,4-5,9-10,13-16,19-22,33H2,1-3H3,(H,36,39)(H,37,38). The molecule has 0 aliphatic carbocycles. The fourth-order valence-corrected chi connectivity index (χ4v) is 5.28. The Bertz CT molecular complexity index is 1030. The number of carbonyl (C=O) groups excluding carboxylic acids is 2. The minimum Gasteiger partial charge on any atom is -0.410 e. The van der Waals surface area contributed by atoms with Crippen LogP contribution in [0, 0.1) is 11.3 Å². The van der Waals surface area contributed by atoms with Crippen LogP contribution in [0.1, 0.15) is 88.2 Å². The Balaban J connectivity index is 1.66. The molecule has 4 N–H and O–H groups in total. The summed E-state index contributed by atoms with van der Waals surface area (Å²) in [6, 6.07) is 8.83. The summed E-state index contributed by atoms with van der Waals surface area (Å²) in [4.78, 5) is 34.7. The molecule has 1 aliphatic heterocycles. The monoisotopic (exact) mass is 565 g/mol. The lowest BCUT2D eigenvalue weighted by molar-refractivity contribution is -0.123. The molecule has 0 saturated carbocycles. The number of nitrogens with zero attached hydrogens (tertiary/aromatic N) is 2. The number of amides is 2. The maximum atomic E-state index is 13.7. The Morgan fingerprint density at radius 3 is 2.37 bits per heavy atom. The van der Waals surface area contributed by atoms with Crippen molar-refractivity contribution >= 4 is 18.9 Å². The Morgan fingerprint density at radius 2 is 1.73 bits per heavy atom. The number of nitrogens with one attached hydrogen (secondary N) is 2. The maximum absolute atomic E-state index is 13.7. The zero-order chi connectivity index (χ0) is 29.5. The molecule has 0 spiro atoms. The van der Waals surface area contributed by atoms with Gasteiger partial charge in [0.1, 0.15) is 11.7 Å². The topological polar surface area (TPSA) is 128 Å². The van der Waals surface area contributed by atoms with Crippen LogP contribution in [0.4, 0.5) is 0 Å². The van der Waals surface area contributed by atoms with Gasteiger partial charge in [-0.25, -0.2) is 4.98 Å². The van der Waals surface area contributed by atoms with Gasteiger partial charge in [0.25, 0.3) is 5.91 Å². The SMILES string of the molecule is CC(C)CC(NC(=O)C(Cc1ccccc1)NC(=O)c1cnccn1)B1OCCC(C)(CCCCCCN)CCO1. The molecule has 3 rings (SSSR count). The van der Waals surface area contributed by atoms with Gasteiger partial charge in [-0.2, -0.15) is 0 Å². The molecule has 1 saturated heterocycles. The highest BCUT2D eigenvalue weighted by Crippen LogP contribution is 2.34. The summed E-state index contributed by atoms with van der Waals surface area (Å²) in [6.45, 7) is 8.46. The second kappa shape index (κ2) is 17.2. The number of nitrogens with two attached hydrogens (primary N) is 1. The Morgan fingerprint density at radius 1 is 1.02 bits per heavy atom. The quantitative estimate of drug-likeness (QED) is 0.219. The minimum atomic E-state index is -0.808. The number of hydrogen-bond acceptors (Lipinski definition) is 7. The molecule has 2 amide bonds. The van der Waals surface area contributed by atoms with Crippen molar-refractivity contribution in [3.63, 3.8) is 0 Å². The van der Waals surface area contributed by atoms with Crippen molar-refractivity contribution in [2.24, 2.45) is 17.1 Å². The lowest BCUT2D eigenvalue weighted by Crippen LogP contribution is -2.56. The molecule has 1 aliphatic rings. The Kier molecular flexibility index (Phi) is 13.7. The molecule has 2 heterocycles. The summed E-state index contributed by atoms with van der Waals surface area (Å²) in [5.74, 6) is -0.781. The predicted octanol–water partition coefficient (Wildman–Crippen LogP) is 4.12. The van der Waals surface area contributed by atoms with Crippen LogP contribution in [0.2, 0.25) is 0 Å². The van der Waals surface area contributed by atoms with Gasteiger partial charge in [-0.05, 0) is 55.5 Å². The Labute approximate surface area is 245 Å². The summed E-state index contributed by atoms with van der Waals surface area (Å²) in [6.07, 6.45) is 13.1. The van der Waals surface area contributed by atoms with Gasteiger partial charge in [-0.1, -0.05) is 70.4 Å². The first-order valence-corrected chi connectivity index (χ1v) is 15.1. The van der Waals surface area contributed by atoms with Gasteiger partial charge in [0.2, 0.25) is 5.91 Å². The lowest BCUT2D eigenvalue weighted by atomic mass is 9.71. The van der Waals surface area contributed by atoms with E-state index in [1.807, 2.05) is 30.3 Å². The third-order valence-electron chi connectivity index (χ3n) is 7.79.